The first-order valence-corrected chi connectivity index (χ1v) is 20.5. The summed E-state index contributed by atoms with van der Waals surface area (Å²) in [6, 6.07) is 16.2. The number of halogens is 3. The van der Waals surface area contributed by atoms with Crippen LogP contribution in [-0.4, -0.2) is 0 Å². The molecule has 3 aromatic rings. The van der Waals surface area contributed by atoms with E-state index in [2.05, 4.69) is 19.9 Å². The predicted molar refractivity (Wildman–Crippen MR) is 208 cm³/mol. The van der Waals surface area contributed by atoms with Crippen LogP contribution < -0.4 is 0 Å². The lowest BCUT2D eigenvalue weighted by Gasteiger charge is -2.35. The smallest absolute Gasteiger partial charge is 0.166 e. The maximum Gasteiger partial charge on any atom is 0.166 e. The van der Waals surface area contributed by atoms with E-state index in [1.807, 2.05) is 24.3 Å². The zero-order valence-corrected chi connectivity index (χ0v) is 31.2. The van der Waals surface area contributed by atoms with E-state index >= 15 is 13.2 Å². The summed E-state index contributed by atoms with van der Waals surface area (Å²) >= 11 is 0. The molecule has 3 heteroatoms. The van der Waals surface area contributed by atoms with Crippen molar-refractivity contribution in [1.29, 1.82) is 0 Å². The number of unbranched alkanes of at least 4 members (excludes halogenated alkanes) is 11. The first-order chi connectivity index (χ1) is 24.5. The van der Waals surface area contributed by atoms with Gasteiger partial charge in [0.1, 0.15) is 5.82 Å². The molecule has 5 rings (SSSR count). The van der Waals surface area contributed by atoms with Crippen molar-refractivity contribution < 1.29 is 13.2 Å². The highest BCUT2D eigenvalue weighted by atomic mass is 19.2. The number of allylic oxidation sites excluding steroid dienone is 2. The monoisotopic (exact) mass is 684 g/mol. The molecule has 0 radical (unpaired) electrons. The molecule has 1 atom stereocenters. The second-order valence-electron chi connectivity index (χ2n) is 15.6. The topological polar surface area (TPSA) is 0 Å². The largest absolute Gasteiger partial charge is 0.206 e. The molecule has 0 saturated heterocycles. The fourth-order valence-corrected chi connectivity index (χ4v) is 8.76. The lowest BCUT2D eigenvalue weighted by atomic mass is 9.70. The summed E-state index contributed by atoms with van der Waals surface area (Å²) in [5, 5.41) is 0. The lowest BCUT2D eigenvalue weighted by molar-refractivity contribution is 0.187. The molecular weight excluding hydrogens is 622 g/mol. The van der Waals surface area contributed by atoms with E-state index in [4.69, 9.17) is 0 Å². The van der Waals surface area contributed by atoms with Gasteiger partial charge in [-0.15, -0.1) is 0 Å². The van der Waals surface area contributed by atoms with Crippen molar-refractivity contribution >= 4 is 5.57 Å². The van der Waals surface area contributed by atoms with E-state index in [0.717, 1.165) is 61.0 Å². The molecule has 1 fully saturated rings. The molecule has 1 saturated carbocycles. The van der Waals surface area contributed by atoms with Gasteiger partial charge in [0.2, 0.25) is 0 Å². The Labute approximate surface area is 302 Å². The number of benzene rings is 3. The molecule has 0 bridgehead atoms. The number of rotatable bonds is 19. The molecule has 0 aliphatic heterocycles. The second-order valence-corrected chi connectivity index (χ2v) is 15.6. The maximum atomic E-state index is 15.5. The summed E-state index contributed by atoms with van der Waals surface area (Å²) < 4.78 is 45.7. The average molecular weight is 685 g/mol. The molecule has 2 aliphatic rings. The Morgan fingerprint density at radius 2 is 1.12 bits per heavy atom. The Hall–Kier alpha value is -2.81. The van der Waals surface area contributed by atoms with E-state index in [1.54, 1.807) is 30.3 Å². The highest BCUT2D eigenvalue weighted by Gasteiger charge is 2.29. The van der Waals surface area contributed by atoms with Gasteiger partial charge in [0, 0.05) is 11.1 Å². The van der Waals surface area contributed by atoms with Gasteiger partial charge in [-0.1, -0.05) is 165 Å². The van der Waals surface area contributed by atoms with E-state index in [0.29, 0.717) is 23.1 Å². The molecular formula is C47H63F3. The minimum atomic E-state index is -0.797. The van der Waals surface area contributed by atoms with Crippen LogP contribution in [-0.2, 0) is 6.42 Å². The van der Waals surface area contributed by atoms with Crippen LogP contribution in [0.15, 0.2) is 60.7 Å². The molecule has 0 nitrogen and oxygen atoms in total. The van der Waals surface area contributed by atoms with Gasteiger partial charge in [-0.25, -0.2) is 13.2 Å². The summed E-state index contributed by atoms with van der Waals surface area (Å²) in [7, 11) is 0. The molecule has 0 N–H and O–H groups in total. The fraction of sp³-hybridized carbons (Fsp3) is 0.574. The molecule has 272 valence electrons. The molecule has 1 unspecified atom stereocenters. The van der Waals surface area contributed by atoms with Crippen LogP contribution >= 0.6 is 0 Å². The summed E-state index contributed by atoms with van der Waals surface area (Å²) in [5.74, 6) is 0.800. The summed E-state index contributed by atoms with van der Waals surface area (Å²) in [5.41, 5.74) is 4.81. The third kappa shape index (κ3) is 10.8. The average Bonchev–Trinajstić information content (AvgIpc) is 3.15. The Balaban J connectivity index is 1.11. The first kappa shape index (κ1) is 38.4. The van der Waals surface area contributed by atoms with Gasteiger partial charge < -0.3 is 0 Å². The number of hydrogen-bond acceptors (Lipinski definition) is 0. The van der Waals surface area contributed by atoms with Crippen molar-refractivity contribution in [2.75, 3.05) is 0 Å². The van der Waals surface area contributed by atoms with Crippen LogP contribution in [0.1, 0.15) is 160 Å². The van der Waals surface area contributed by atoms with E-state index in [1.165, 1.54) is 108 Å². The van der Waals surface area contributed by atoms with Gasteiger partial charge in [0.05, 0.1) is 0 Å². The third-order valence-corrected chi connectivity index (χ3v) is 12.0. The quantitative estimate of drug-likeness (QED) is 0.110. The zero-order chi connectivity index (χ0) is 35.1. The second kappa shape index (κ2) is 20.3. The van der Waals surface area contributed by atoms with Gasteiger partial charge in [0.15, 0.2) is 11.6 Å². The molecule has 0 spiro atoms. The highest BCUT2D eigenvalue weighted by Crippen LogP contribution is 2.42. The maximum absolute atomic E-state index is 15.5. The summed E-state index contributed by atoms with van der Waals surface area (Å²) in [4.78, 5) is 0. The zero-order valence-electron chi connectivity index (χ0n) is 31.2. The van der Waals surface area contributed by atoms with Crippen molar-refractivity contribution in [3.63, 3.8) is 0 Å². The lowest BCUT2D eigenvalue weighted by Crippen LogP contribution is -2.23. The Bertz CT molecular complexity index is 1480. The summed E-state index contributed by atoms with van der Waals surface area (Å²) in [6.45, 7) is 4.51. The fourth-order valence-electron chi connectivity index (χ4n) is 8.76. The van der Waals surface area contributed by atoms with Crippen molar-refractivity contribution in [3.05, 3.63) is 89.3 Å². The first-order valence-electron chi connectivity index (χ1n) is 20.5. The standard InChI is InChI=1S/C47H63F3/c1-3-5-7-9-10-11-13-15-17-41-30-33-44(47(50)46(41)49)40-28-26-39(27-29-40)43-32-31-42(34-45(43)48)38-24-22-37(23-25-38)36-20-18-35(19-21-36)16-14-12-8-6-4-2/h24,26-37H,3-23,25H2,1-2H3. The predicted octanol–water partition coefficient (Wildman–Crippen LogP) is 15.5. The van der Waals surface area contributed by atoms with Crippen molar-refractivity contribution in [3.8, 4) is 22.3 Å². The van der Waals surface area contributed by atoms with Crippen LogP contribution in [0.2, 0.25) is 0 Å². The van der Waals surface area contributed by atoms with Crippen molar-refractivity contribution in [2.45, 2.75) is 155 Å². The molecule has 3 aromatic carbocycles. The van der Waals surface area contributed by atoms with E-state index in [9.17, 15) is 0 Å². The number of aryl methyl sites for hydroxylation is 1. The Morgan fingerprint density at radius 3 is 1.74 bits per heavy atom. The van der Waals surface area contributed by atoms with Gasteiger partial charge in [-0.3, -0.25) is 0 Å². The van der Waals surface area contributed by atoms with Gasteiger partial charge >= 0.3 is 0 Å². The van der Waals surface area contributed by atoms with Crippen LogP contribution in [0.5, 0.6) is 0 Å². The third-order valence-electron chi connectivity index (χ3n) is 12.0. The molecule has 0 aromatic heterocycles. The van der Waals surface area contributed by atoms with Crippen LogP contribution in [0.3, 0.4) is 0 Å². The van der Waals surface area contributed by atoms with Crippen LogP contribution in [0.4, 0.5) is 13.2 Å². The minimum absolute atomic E-state index is 0.242. The van der Waals surface area contributed by atoms with Crippen LogP contribution in [0.25, 0.3) is 27.8 Å². The highest BCUT2D eigenvalue weighted by molar-refractivity contribution is 5.74. The Kier molecular flexibility index (Phi) is 15.6. The van der Waals surface area contributed by atoms with Crippen molar-refractivity contribution in [1.82, 2.24) is 0 Å². The van der Waals surface area contributed by atoms with Gasteiger partial charge in [-0.05, 0) is 96.6 Å². The molecule has 2 aliphatic carbocycles. The molecule has 0 heterocycles. The Morgan fingerprint density at radius 1 is 0.540 bits per heavy atom. The van der Waals surface area contributed by atoms with Crippen LogP contribution in [0, 0.1) is 35.2 Å². The van der Waals surface area contributed by atoms with E-state index < -0.39 is 11.6 Å². The SMILES string of the molecule is CCCCCCCCCCc1ccc(-c2ccc(-c3ccc(C4=CCC(C5CCC(CCCCCCC)CC5)CC4)cc3F)cc2)c(F)c1F. The summed E-state index contributed by atoms with van der Waals surface area (Å²) in [6.07, 6.45) is 29.7. The molecule has 50 heavy (non-hydrogen) atoms. The van der Waals surface area contributed by atoms with E-state index in [-0.39, 0.29) is 11.4 Å². The van der Waals surface area contributed by atoms with Crippen molar-refractivity contribution in [2.24, 2.45) is 17.8 Å². The minimum Gasteiger partial charge on any atom is -0.206 e. The molecule has 0 amide bonds. The van der Waals surface area contributed by atoms with Gasteiger partial charge in [-0.2, -0.15) is 0 Å². The van der Waals surface area contributed by atoms with Gasteiger partial charge in [0.25, 0.3) is 0 Å². The normalized spacial score (nSPS) is 19.5. The number of hydrogen-bond donors (Lipinski definition) is 0.